The number of rotatable bonds is 5. The summed E-state index contributed by atoms with van der Waals surface area (Å²) in [5, 5.41) is 11.3. The first kappa shape index (κ1) is 17.1. The van der Waals surface area contributed by atoms with E-state index in [0.717, 1.165) is 47.7 Å². The Morgan fingerprint density at radius 2 is 2.23 bits per heavy atom. The van der Waals surface area contributed by atoms with Crippen molar-refractivity contribution in [2.24, 2.45) is 0 Å². The van der Waals surface area contributed by atoms with Gasteiger partial charge in [0, 0.05) is 35.6 Å². The summed E-state index contributed by atoms with van der Waals surface area (Å²) in [4.78, 5) is 17.3. The summed E-state index contributed by atoms with van der Waals surface area (Å²) in [6, 6.07) is 4.40. The molecule has 3 aromatic heterocycles. The Balaban J connectivity index is 1.58. The van der Waals surface area contributed by atoms with E-state index in [1.165, 1.54) is 17.7 Å². The minimum Gasteiger partial charge on any atom is -0.316 e. The van der Waals surface area contributed by atoms with Crippen molar-refractivity contribution in [2.45, 2.75) is 45.7 Å². The van der Waals surface area contributed by atoms with Crippen molar-refractivity contribution in [3.63, 3.8) is 0 Å². The van der Waals surface area contributed by atoms with Crippen LogP contribution in [0.4, 0.5) is 10.9 Å². The monoisotopic (exact) mass is 369 g/mol. The molecule has 1 saturated heterocycles. The van der Waals surface area contributed by atoms with Gasteiger partial charge in [-0.3, -0.25) is 10.00 Å². The predicted molar refractivity (Wildman–Crippen MR) is 102 cm³/mol. The molecule has 1 aliphatic heterocycles. The molecule has 0 bridgehead atoms. The highest BCUT2D eigenvalue weighted by Gasteiger charge is 2.26. The number of likely N-dealkylation sites (tertiary alicyclic amines) is 1. The predicted octanol–water partition coefficient (Wildman–Crippen LogP) is 3.74. The maximum absolute atomic E-state index is 4.75. The number of hydrogen-bond acceptors (Lipinski definition) is 7. The number of H-pyrrole nitrogens is 1. The van der Waals surface area contributed by atoms with Gasteiger partial charge in [-0.1, -0.05) is 6.42 Å². The topological polar surface area (TPSA) is 82.6 Å². The van der Waals surface area contributed by atoms with Gasteiger partial charge in [0.05, 0.1) is 11.7 Å². The number of aromatic amines is 1. The minimum atomic E-state index is 0.298. The number of thiazole rings is 1. The first-order chi connectivity index (χ1) is 12.7. The zero-order valence-corrected chi connectivity index (χ0v) is 15.9. The summed E-state index contributed by atoms with van der Waals surface area (Å²) in [6.07, 6.45) is 7.23. The van der Waals surface area contributed by atoms with Gasteiger partial charge in [-0.15, -0.1) is 11.3 Å². The van der Waals surface area contributed by atoms with Crippen molar-refractivity contribution in [1.82, 2.24) is 30.0 Å². The molecule has 0 saturated carbocycles. The van der Waals surface area contributed by atoms with E-state index in [-0.39, 0.29) is 0 Å². The van der Waals surface area contributed by atoms with E-state index in [9.17, 15) is 0 Å². The smallest absolute Gasteiger partial charge is 0.188 e. The van der Waals surface area contributed by atoms with E-state index < -0.39 is 0 Å². The molecule has 0 aromatic carbocycles. The number of aromatic nitrogens is 5. The summed E-state index contributed by atoms with van der Waals surface area (Å²) >= 11 is 1.63. The van der Waals surface area contributed by atoms with E-state index in [2.05, 4.69) is 43.4 Å². The van der Waals surface area contributed by atoms with Crippen LogP contribution in [0.25, 0.3) is 0 Å². The Labute approximate surface area is 156 Å². The highest BCUT2D eigenvalue weighted by atomic mass is 32.1. The Bertz CT molecular complexity index is 858. The van der Waals surface area contributed by atoms with Crippen LogP contribution < -0.4 is 5.32 Å². The lowest BCUT2D eigenvalue weighted by molar-refractivity contribution is 0.135. The van der Waals surface area contributed by atoms with Crippen LogP contribution in [0.3, 0.4) is 0 Å². The van der Waals surface area contributed by atoms with Gasteiger partial charge >= 0.3 is 0 Å². The van der Waals surface area contributed by atoms with E-state index in [4.69, 9.17) is 4.98 Å². The van der Waals surface area contributed by atoms with Crippen LogP contribution in [0.1, 0.15) is 47.4 Å². The van der Waals surface area contributed by atoms with Gasteiger partial charge in [-0.2, -0.15) is 5.10 Å². The lowest BCUT2D eigenvalue weighted by atomic mass is 9.98. The van der Waals surface area contributed by atoms with Crippen LogP contribution in [0.15, 0.2) is 24.5 Å². The molecule has 3 aromatic rings. The van der Waals surface area contributed by atoms with Crippen LogP contribution in [-0.4, -0.2) is 36.6 Å². The molecule has 8 heteroatoms. The summed E-state index contributed by atoms with van der Waals surface area (Å²) in [5.41, 5.74) is 2.21. The van der Waals surface area contributed by atoms with Gasteiger partial charge in [-0.05, 0) is 39.3 Å². The Kier molecular flexibility index (Phi) is 4.94. The van der Waals surface area contributed by atoms with Gasteiger partial charge < -0.3 is 5.32 Å². The number of anilines is 2. The van der Waals surface area contributed by atoms with Gasteiger partial charge in [0.1, 0.15) is 11.6 Å². The number of hydrogen-bond donors (Lipinski definition) is 2. The first-order valence-electron chi connectivity index (χ1n) is 8.95. The number of nitrogens with zero attached hydrogens (tertiary/aromatic N) is 5. The number of aryl methyl sites for hydroxylation is 2. The van der Waals surface area contributed by atoms with Gasteiger partial charge in [0.25, 0.3) is 0 Å². The Morgan fingerprint density at radius 3 is 3.00 bits per heavy atom. The van der Waals surface area contributed by atoms with Crippen molar-refractivity contribution in [3.05, 3.63) is 46.6 Å². The molecule has 4 heterocycles. The molecular weight excluding hydrogens is 346 g/mol. The second-order valence-electron chi connectivity index (χ2n) is 6.69. The number of nitrogens with one attached hydrogen (secondary N) is 2. The van der Waals surface area contributed by atoms with Crippen molar-refractivity contribution < 1.29 is 0 Å². The fourth-order valence-corrected chi connectivity index (χ4v) is 4.13. The van der Waals surface area contributed by atoms with Crippen molar-refractivity contribution in [3.8, 4) is 0 Å². The SMILES string of the molecule is Cc1nc(Nc2ncc(C)s2)cc([C@H]2CCCCN2Cc2ccn[nH]2)n1. The van der Waals surface area contributed by atoms with E-state index >= 15 is 0 Å². The Morgan fingerprint density at radius 1 is 1.31 bits per heavy atom. The third kappa shape index (κ3) is 3.91. The molecule has 0 spiro atoms. The quantitative estimate of drug-likeness (QED) is 0.713. The number of piperidine rings is 1. The van der Waals surface area contributed by atoms with Crippen LogP contribution in [-0.2, 0) is 6.54 Å². The van der Waals surface area contributed by atoms with E-state index in [0.29, 0.717) is 6.04 Å². The molecule has 2 N–H and O–H groups in total. The lowest BCUT2D eigenvalue weighted by Crippen LogP contribution is -2.33. The standard InChI is InChI=1S/C18H23N7S/c1-12-10-19-18(26-12)23-17-9-15(21-13(2)22-17)16-5-3-4-8-25(16)11-14-6-7-20-24-14/h6-7,9-10,16H,3-5,8,11H2,1-2H3,(H,20,24)(H,19,21,22,23)/t16-/m1/s1. The fraction of sp³-hybridized carbons (Fsp3) is 0.444. The highest BCUT2D eigenvalue weighted by Crippen LogP contribution is 2.32. The van der Waals surface area contributed by atoms with Crippen LogP contribution in [0, 0.1) is 13.8 Å². The molecule has 4 rings (SSSR count). The molecule has 1 atom stereocenters. The summed E-state index contributed by atoms with van der Waals surface area (Å²) < 4.78 is 0. The molecule has 0 radical (unpaired) electrons. The highest BCUT2D eigenvalue weighted by molar-refractivity contribution is 7.15. The van der Waals surface area contributed by atoms with Crippen molar-refractivity contribution in [2.75, 3.05) is 11.9 Å². The molecule has 0 aliphatic carbocycles. The average molecular weight is 369 g/mol. The molecule has 0 amide bonds. The summed E-state index contributed by atoms with van der Waals surface area (Å²) in [7, 11) is 0. The second kappa shape index (κ2) is 7.51. The normalized spacial score (nSPS) is 18.2. The van der Waals surface area contributed by atoms with Crippen molar-refractivity contribution >= 4 is 22.3 Å². The minimum absolute atomic E-state index is 0.298. The van der Waals surface area contributed by atoms with Crippen LogP contribution in [0.2, 0.25) is 0 Å². The van der Waals surface area contributed by atoms with Gasteiger partial charge in [0.15, 0.2) is 5.13 Å². The lowest BCUT2D eigenvalue weighted by Gasteiger charge is -2.35. The maximum atomic E-state index is 4.75. The summed E-state index contributed by atoms with van der Waals surface area (Å²) in [6.45, 7) is 5.93. The van der Waals surface area contributed by atoms with Crippen LogP contribution >= 0.6 is 11.3 Å². The second-order valence-corrected chi connectivity index (χ2v) is 7.93. The van der Waals surface area contributed by atoms with Gasteiger partial charge in [0.2, 0.25) is 0 Å². The zero-order valence-electron chi connectivity index (χ0n) is 15.1. The third-order valence-corrected chi connectivity index (χ3v) is 5.43. The fourth-order valence-electron chi connectivity index (χ4n) is 3.45. The molecule has 136 valence electrons. The van der Waals surface area contributed by atoms with Crippen LogP contribution in [0.5, 0.6) is 0 Å². The zero-order chi connectivity index (χ0) is 17.9. The maximum Gasteiger partial charge on any atom is 0.188 e. The molecular formula is C18H23N7S. The van der Waals surface area contributed by atoms with Gasteiger partial charge in [-0.25, -0.2) is 15.0 Å². The first-order valence-corrected chi connectivity index (χ1v) is 9.76. The van der Waals surface area contributed by atoms with E-state index in [1.807, 2.05) is 19.2 Å². The molecule has 26 heavy (non-hydrogen) atoms. The third-order valence-electron chi connectivity index (χ3n) is 4.60. The van der Waals surface area contributed by atoms with E-state index in [1.54, 1.807) is 17.5 Å². The molecule has 1 fully saturated rings. The average Bonchev–Trinajstić information content (AvgIpc) is 3.27. The summed E-state index contributed by atoms with van der Waals surface area (Å²) in [5.74, 6) is 1.60. The van der Waals surface area contributed by atoms with Crippen molar-refractivity contribution in [1.29, 1.82) is 0 Å². The molecule has 1 aliphatic rings. The Hall–Kier alpha value is -2.32. The molecule has 7 nitrogen and oxygen atoms in total. The molecule has 0 unspecified atom stereocenters. The largest absolute Gasteiger partial charge is 0.316 e.